The molecule has 7 heteroatoms. The van der Waals surface area contributed by atoms with E-state index in [1.807, 2.05) is 25.5 Å². The van der Waals surface area contributed by atoms with E-state index in [2.05, 4.69) is 29.2 Å². The highest BCUT2D eigenvalue weighted by Gasteiger charge is 2.33. The molecule has 0 aromatic carbocycles. The van der Waals surface area contributed by atoms with E-state index in [1.54, 1.807) is 19.2 Å². The Hall–Kier alpha value is -2.44. The number of nitrogens with one attached hydrogen (secondary N) is 1. The van der Waals surface area contributed by atoms with Gasteiger partial charge in [-0.25, -0.2) is 9.67 Å². The molecular weight excluding hydrogens is 332 g/mol. The number of fused-ring (bicyclic) bond motifs is 1. The number of carboxylic acids is 1. The van der Waals surface area contributed by atoms with Gasteiger partial charge in [-0.2, -0.15) is 5.10 Å². The van der Waals surface area contributed by atoms with Crippen molar-refractivity contribution in [3.63, 3.8) is 0 Å². The maximum atomic E-state index is 13.0. The van der Waals surface area contributed by atoms with Gasteiger partial charge < -0.3 is 10.4 Å². The van der Waals surface area contributed by atoms with Crippen molar-refractivity contribution in [3.8, 4) is 0 Å². The summed E-state index contributed by atoms with van der Waals surface area (Å²) < 4.78 is 1.83. The molecule has 0 fully saturated rings. The van der Waals surface area contributed by atoms with E-state index in [4.69, 9.17) is 0 Å². The van der Waals surface area contributed by atoms with E-state index in [0.29, 0.717) is 16.6 Å². The third-order valence-electron chi connectivity index (χ3n) is 5.14. The molecule has 0 aliphatic carbocycles. The Morgan fingerprint density at radius 1 is 1.35 bits per heavy atom. The number of hydrogen-bond acceptors (Lipinski definition) is 4. The number of aliphatic carboxylic acids is 1. The molecule has 26 heavy (non-hydrogen) atoms. The van der Waals surface area contributed by atoms with Crippen LogP contribution >= 0.6 is 0 Å². The lowest BCUT2D eigenvalue weighted by Gasteiger charge is -2.33. The van der Waals surface area contributed by atoms with Crippen LogP contribution in [0.5, 0.6) is 0 Å². The molecule has 2 atom stereocenters. The number of carbonyl (C=O) groups excluding carboxylic acids is 1. The van der Waals surface area contributed by atoms with Crippen LogP contribution in [0.1, 0.15) is 69.6 Å². The smallest absolute Gasteiger partial charge is 0.305 e. The second kappa shape index (κ2) is 7.43. The number of hydrogen-bond donors (Lipinski definition) is 2. The summed E-state index contributed by atoms with van der Waals surface area (Å²) in [6.07, 6.45) is 2.42. The van der Waals surface area contributed by atoms with Crippen molar-refractivity contribution in [1.29, 1.82) is 0 Å². The average molecular weight is 360 g/mol. The molecular formula is C19H28N4O3. The number of nitrogens with zero attached hydrogens (tertiary/aromatic N) is 3. The number of rotatable bonds is 7. The third-order valence-corrected chi connectivity index (χ3v) is 5.14. The second-order valence-corrected chi connectivity index (χ2v) is 7.49. The first-order valence-corrected chi connectivity index (χ1v) is 8.98. The lowest BCUT2D eigenvalue weighted by atomic mass is 9.85. The Labute approximate surface area is 153 Å². The fourth-order valence-electron chi connectivity index (χ4n) is 2.86. The zero-order valence-corrected chi connectivity index (χ0v) is 16.3. The summed E-state index contributed by atoms with van der Waals surface area (Å²) in [5.41, 5.74) is 1.02. The SMILES string of the molecule is CCC(C)n1ncc2c(C(=O)NC(C)(CC(=O)O)C(C)C)cc(C)nc21. The van der Waals surface area contributed by atoms with Gasteiger partial charge in [0.2, 0.25) is 0 Å². The fourth-order valence-corrected chi connectivity index (χ4v) is 2.86. The molecule has 1 amide bonds. The molecule has 2 aromatic heterocycles. The number of carboxylic acid groups (broad SMARTS) is 1. The number of pyridine rings is 1. The van der Waals surface area contributed by atoms with Gasteiger partial charge in [0.1, 0.15) is 0 Å². The molecule has 2 rings (SSSR count). The van der Waals surface area contributed by atoms with E-state index < -0.39 is 11.5 Å². The summed E-state index contributed by atoms with van der Waals surface area (Å²) in [5, 5.41) is 17.2. The summed E-state index contributed by atoms with van der Waals surface area (Å²) >= 11 is 0. The number of aryl methyl sites for hydroxylation is 1. The fraction of sp³-hybridized carbons (Fsp3) is 0.579. The topological polar surface area (TPSA) is 97.1 Å². The van der Waals surface area contributed by atoms with E-state index in [1.165, 1.54) is 0 Å². The molecule has 2 N–H and O–H groups in total. The van der Waals surface area contributed by atoms with E-state index in [-0.39, 0.29) is 24.3 Å². The highest BCUT2D eigenvalue weighted by Crippen LogP contribution is 2.25. The molecule has 0 bridgehead atoms. The summed E-state index contributed by atoms with van der Waals surface area (Å²) in [6.45, 7) is 11.5. The van der Waals surface area contributed by atoms with Crippen molar-refractivity contribution >= 4 is 22.9 Å². The minimum absolute atomic E-state index is 0.0381. The predicted molar refractivity (Wildman–Crippen MR) is 100 cm³/mol. The van der Waals surface area contributed by atoms with Crippen LogP contribution in [0.3, 0.4) is 0 Å². The van der Waals surface area contributed by atoms with Crippen LogP contribution in [0.2, 0.25) is 0 Å². The summed E-state index contributed by atoms with van der Waals surface area (Å²) in [7, 11) is 0. The Morgan fingerprint density at radius 3 is 2.54 bits per heavy atom. The van der Waals surface area contributed by atoms with Gasteiger partial charge in [0.25, 0.3) is 5.91 Å². The lowest BCUT2D eigenvalue weighted by molar-refractivity contribution is -0.138. The van der Waals surface area contributed by atoms with Crippen LogP contribution in [-0.4, -0.2) is 37.3 Å². The van der Waals surface area contributed by atoms with Crippen LogP contribution < -0.4 is 5.32 Å². The first kappa shape index (κ1) is 19.9. The Balaban J connectivity index is 2.47. The minimum atomic E-state index is -0.942. The second-order valence-electron chi connectivity index (χ2n) is 7.49. The Kier molecular flexibility index (Phi) is 5.68. The van der Waals surface area contributed by atoms with Crippen molar-refractivity contribution in [2.24, 2.45) is 5.92 Å². The summed E-state index contributed by atoms with van der Waals surface area (Å²) in [4.78, 5) is 28.8. The number of carbonyl (C=O) groups is 2. The van der Waals surface area contributed by atoms with Crippen LogP contribution in [0.25, 0.3) is 11.0 Å². The monoisotopic (exact) mass is 360 g/mol. The van der Waals surface area contributed by atoms with Crippen LogP contribution in [-0.2, 0) is 4.79 Å². The maximum Gasteiger partial charge on any atom is 0.305 e. The van der Waals surface area contributed by atoms with Gasteiger partial charge in [-0.3, -0.25) is 9.59 Å². The quantitative estimate of drug-likeness (QED) is 0.789. The van der Waals surface area contributed by atoms with Gasteiger partial charge in [0, 0.05) is 5.69 Å². The molecule has 7 nitrogen and oxygen atoms in total. The van der Waals surface area contributed by atoms with Crippen LogP contribution in [0.15, 0.2) is 12.3 Å². The van der Waals surface area contributed by atoms with Crippen molar-refractivity contribution < 1.29 is 14.7 Å². The van der Waals surface area contributed by atoms with E-state index in [9.17, 15) is 14.7 Å². The molecule has 2 aromatic rings. The molecule has 2 heterocycles. The molecule has 0 saturated carbocycles. The van der Waals surface area contributed by atoms with Gasteiger partial charge in [0.15, 0.2) is 5.65 Å². The van der Waals surface area contributed by atoms with Crippen LogP contribution in [0.4, 0.5) is 0 Å². The van der Waals surface area contributed by atoms with E-state index in [0.717, 1.165) is 12.1 Å². The zero-order valence-electron chi connectivity index (χ0n) is 16.3. The standard InChI is InChI=1S/C19H28N4O3/c1-7-13(5)23-17-15(10-20-23)14(8-12(4)21-17)18(26)22-19(6,11(2)3)9-16(24)25/h8,10-11,13H,7,9H2,1-6H3,(H,22,26)(H,24,25). The van der Waals surface area contributed by atoms with Gasteiger partial charge in [-0.15, -0.1) is 0 Å². The predicted octanol–water partition coefficient (Wildman–Crippen LogP) is 3.33. The number of amides is 1. The highest BCUT2D eigenvalue weighted by atomic mass is 16.4. The maximum absolute atomic E-state index is 13.0. The van der Waals surface area contributed by atoms with Crippen molar-refractivity contribution in [2.45, 2.75) is 66.0 Å². The van der Waals surface area contributed by atoms with Crippen molar-refractivity contribution in [3.05, 3.63) is 23.5 Å². The highest BCUT2D eigenvalue weighted by molar-refractivity contribution is 6.06. The first-order chi connectivity index (χ1) is 12.1. The largest absolute Gasteiger partial charge is 0.481 e. The van der Waals surface area contributed by atoms with Gasteiger partial charge >= 0.3 is 5.97 Å². The van der Waals surface area contributed by atoms with Crippen LogP contribution in [0, 0.1) is 12.8 Å². The summed E-state index contributed by atoms with van der Waals surface area (Å²) in [5.74, 6) is -1.28. The van der Waals surface area contributed by atoms with Gasteiger partial charge in [-0.1, -0.05) is 20.8 Å². The Bertz CT molecular complexity index is 828. The van der Waals surface area contributed by atoms with Crippen molar-refractivity contribution in [2.75, 3.05) is 0 Å². The van der Waals surface area contributed by atoms with Gasteiger partial charge in [0.05, 0.1) is 35.1 Å². The molecule has 2 unspecified atom stereocenters. The number of aromatic nitrogens is 3. The normalized spacial score (nSPS) is 15.0. The molecule has 0 radical (unpaired) electrons. The third kappa shape index (κ3) is 3.86. The molecule has 0 aliphatic heterocycles. The average Bonchev–Trinajstić information content (AvgIpc) is 2.95. The Morgan fingerprint density at radius 2 is 2.00 bits per heavy atom. The molecule has 142 valence electrons. The van der Waals surface area contributed by atoms with Gasteiger partial charge in [-0.05, 0) is 39.2 Å². The minimum Gasteiger partial charge on any atom is -0.481 e. The first-order valence-electron chi connectivity index (χ1n) is 8.98. The van der Waals surface area contributed by atoms with Crippen molar-refractivity contribution in [1.82, 2.24) is 20.1 Å². The molecule has 0 spiro atoms. The molecule has 0 aliphatic rings. The lowest BCUT2D eigenvalue weighted by Crippen LogP contribution is -2.51. The molecule has 0 saturated heterocycles. The zero-order chi connectivity index (χ0) is 19.6. The van der Waals surface area contributed by atoms with E-state index >= 15 is 0 Å². The summed E-state index contributed by atoms with van der Waals surface area (Å²) in [6, 6.07) is 1.90.